The summed E-state index contributed by atoms with van der Waals surface area (Å²) in [5.74, 6) is -2.47. The molecular weight excluding hydrogens is 666 g/mol. The van der Waals surface area contributed by atoms with Crippen LogP contribution in [-0.4, -0.2) is 111 Å². The first-order chi connectivity index (χ1) is 24.0. The van der Waals surface area contributed by atoms with Crippen molar-refractivity contribution in [3.63, 3.8) is 0 Å². The number of unbranched alkanes of at least 4 members (excludes halogenated alkanes) is 1. The number of alkyl carbamates (subject to hydrolysis) is 1. The molecule has 2 atom stereocenters. The van der Waals surface area contributed by atoms with E-state index in [-0.39, 0.29) is 39.0 Å². The molecule has 0 aromatic heterocycles. The lowest BCUT2D eigenvalue weighted by molar-refractivity contribution is -0.156. The molecule has 290 valence electrons. The van der Waals surface area contributed by atoms with Crippen molar-refractivity contribution in [1.29, 1.82) is 0 Å². The molecule has 0 aliphatic rings. The molecule has 1 rings (SSSR count). The number of amides is 4. The Hall–Kier alpha value is -3.83. The Kier molecular flexibility index (Phi) is 21.6. The van der Waals surface area contributed by atoms with E-state index in [0.717, 1.165) is 19.3 Å². The fourth-order valence-electron chi connectivity index (χ4n) is 4.25. The highest BCUT2D eigenvalue weighted by Gasteiger charge is 2.27. The van der Waals surface area contributed by atoms with Gasteiger partial charge in [0.05, 0.1) is 58.7 Å². The van der Waals surface area contributed by atoms with Crippen LogP contribution in [0.3, 0.4) is 0 Å². The molecule has 0 aliphatic carbocycles. The van der Waals surface area contributed by atoms with E-state index in [2.05, 4.69) is 21.3 Å². The Morgan fingerprint density at radius 1 is 0.824 bits per heavy atom. The average molecular weight is 726 g/mol. The Labute approximate surface area is 301 Å². The minimum Gasteiger partial charge on any atom is -0.460 e. The van der Waals surface area contributed by atoms with Gasteiger partial charge in [-0.05, 0) is 78.5 Å². The number of carbonyl (C=O) groups is 5. The predicted octanol–water partition coefficient (Wildman–Crippen LogP) is 1.91. The van der Waals surface area contributed by atoms with Crippen molar-refractivity contribution in [3.8, 4) is 0 Å². The number of rotatable bonds is 24. The Morgan fingerprint density at radius 3 is 2.12 bits per heavy atom. The van der Waals surface area contributed by atoms with Crippen molar-refractivity contribution in [3.05, 3.63) is 29.8 Å². The third-order valence-corrected chi connectivity index (χ3v) is 6.53. The van der Waals surface area contributed by atoms with Gasteiger partial charge in [-0.15, -0.1) is 0 Å². The topological polar surface area (TPSA) is 226 Å². The van der Waals surface area contributed by atoms with E-state index in [4.69, 9.17) is 29.4 Å². The highest BCUT2D eigenvalue weighted by Crippen LogP contribution is 2.13. The molecular formula is C35H59N5O11. The van der Waals surface area contributed by atoms with Crippen molar-refractivity contribution >= 4 is 35.5 Å². The minimum absolute atomic E-state index is 0.0154. The number of hydrogen-bond donors (Lipinski definition) is 6. The normalized spacial score (nSPS) is 12.7. The van der Waals surface area contributed by atoms with E-state index in [1.807, 2.05) is 0 Å². The van der Waals surface area contributed by atoms with Crippen molar-refractivity contribution in [1.82, 2.24) is 16.0 Å². The van der Waals surface area contributed by atoms with Crippen LogP contribution in [0, 0.1) is 0 Å². The van der Waals surface area contributed by atoms with Gasteiger partial charge in [-0.1, -0.05) is 12.1 Å². The quantitative estimate of drug-likeness (QED) is 0.0664. The number of esters is 1. The predicted molar refractivity (Wildman–Crippen MR) is 190 cm³/mol. The van der Waals surface area contributed by atoms with E-state index in [1.54, 1.807) is 65.8 Å². The Balaban J connectivity index is 2.39. The fraction of sp³-hybridized carbons (Fsp3) is 0.686. The molecule has 4 amide bonds. The number of nitrogens with one attached hydrogen (secondary N) is 4. The lowest BCUT2D eigenvalue weighted by Crippen LogP contribution is -2.49. The van der Waals surface area contributed by atoms with Crippen LogP contribution in [0.5, 0.6) is 0 Å². The summed E-state index contributed by atoms with van der Waals surface area (Å²) in [5, 5.41) is 19.5. The molecule has 0 bridgehead atoms. The van der Waals surface area contributed by atoms with E-state index < -0.39 is 60.0 Å². The van der Waals surface area contributed by atoms with E-state index in [9.17, 15) is 29.1 Å². The highest BCUT2D eigenvalue weighted by molar-refractivity contribution is 5.99. The van der Waals surface area contributed by atoms with Crippen LogP contribution in [-0.2, 0) is 49.5 Å². The van der Waals surface area contributed by atoms with Gasteiger partial charge < -0.3 is 55.8 Å². The largest absolute Gasteiger partial charge is 0.460 e. The first-order valence-electron chi connectivity index (χ1n) is 17.2. The second-order valence-corrected chi connectivity index (χ2v) is 13.7. The number of carbonyl (C=O) groups excluding carboxylic acids is 5. The van der Waals surface area contributed by atoms with Crippen molar-refractivity contribution in [2.24, 2.45) is 5.73 Å². The van der Waals surface area contributed by atoms with Gasteiger partial charge in [0.25, 0.3) is 0 Å². The molecule has 0 aliphatic heterocycles. The van der Waals surface area contributed by atoms with Gasteiger partial charge in [-0.25, -0.2) is 4.79 Å². The number of benzene rings is 1. The van der Waals surface area contributed by atoms with Crippen LogP contribution in [0.4, 0.5) is 10.5 Å². The van der Waals surface area contributed by atoms with Crippen LogP contribution in [0.2, 0.25) is 0 Å². The summed E-state index contributed by atoms with van der Waals surface area (Å²) in [6, 6.07) is 5.14. The SMILES string of the molecule is CC(C)(C)OC(=O)C[C@H](NC(=O)CNC(=O)CCOCCOC[C@H](CCCCNC(=O)OC(C)(C)C)OCCN)C(=O)Nc1ccc(CO)cc1. The summed E-state index contributed by atoms with van der Waals surface area (Å²) in [5.41, 5.74) is 5.28. The third kappa shape index (κ3) is 24.1. The van der Waals surface area contributed by atoms with Crippen LogP contribution < -0.4 is 27.0 Å². The standard InChI is InChI=1S/C35H59N5O11/c1-34(2,3)50-31(44)21-28(32(45)39-26-12-10-25(23-41)11-13-26)40-30(43)22-38-29(42)14-17-47-19-20-48-24-27(49-18-15-36)9-7-8-16-37-33(46)51-35(4,5)6/h10-13,27-28,41H,7-9,14-24,36H2,1-6H3,(H,37,46)(H,38,42)(H,39,45)(H,40,43)/t27-,28-/m0/s1. The molecule has 51 heavy (non-hydrogen) atoms. The van der Waals surface area contributed by atoms with Gasteiger partial charge >= 0.3 is 12.1 Å². The van der Waals surface area contributed by atoms with Crippen LogP contribution >= 0.6 is 0 Å². The van der Waals surface area contributed by atoms with Gasteiger partial charge in [0, 0.05) is 25.2 Å². The number of nitrogens with two attached hydrogens (primary N) is 1. The number of aliphatic hydroxyl groups is 1. The molecule has 0 saturated heterocycles. The van der Waals surface area contributed by atoms with Crippen LogP contribution in [0.15, 0.2) is 24.3 Å². The van der Waals surface area contributed by atoms with Gasteiger partial charge in [0.15, 0.2) is 0 Å². The average Bonchev–Trinajstić information content (AvgIpc) is 3.03. The molecule has 0 unspecified atom stereocenters. The number of ether oxygens (including phenoxy) is 5. The summed E-state index contributed by atoms with van der Waals surface area (Å²) in [6.45, 7) is 12.1. The minimum atomic E-state index is -1.27. The highest BCUT2D eigenvalue weighted by atomic mass is 16.6. The van der Waals surface area contributed by atoms with Gasteiger partial charge in [-0.3, -0.25) is 19.2 Å². The number of aliphatic hydroxyl groups excluding tert-OH is 1. The number of anilines is 1. The molecule has 1 aromatic carbocycles. The van der Waals surface area contributed by atoms with Gasteiger partial charge in [-0.2, -0.15) is 0 Å². The summed E-state index contributed by atoms with van der Waals surface area (Å²) in [7, 11) is 0. The lowest BCUT2D eigenvalue weighted by atomic mass is 10.1. The lowest BCUT2D eigenvalue weighted by Gasteiger charge is -2.23. The van der Waals surface area contributed by atoms with Crippen LogP contribution in [0.25, 0.3) is 0 Å². The zero-order valence-electron chi connectivity index (χ0n) is 31.0. The Bertz CT molecular complexity index is 1200. The zero-order chi connectivity index (χ0) is 38.3. The van der Waals surface area contributed by atoms with E-state index in [0.29, 0.717) is 37.6 Å². The van der Waals surface area contributed by atoms with E-state index >= 15 is 0 Å². The summed E-state index contributed by atoms with van der Waals surface area (Å²) in [6.07, 6.45) is 1.21. The number of hydrogen-bond acceptors (Lipinski definition) is 12. The molecule has 0 spiro atoms. The third-order valence-electron chi connectivity index (χ3n) is 6.53. The summed E-state index contributed by atoms with van der Waals surface area (Å²) in [4.78, 5) is 62.1. The fourth-order valence-corrected chi connectivity index (χ4v) is 4.25. The summed E-state index contributed by atoms with van der Waals surface area (Å²) >= 11 is 0. The van der Waals surface area contributed by atoms with Gasteiger partial charge in [0.1, 0.15) is 17.2 Å². The van der Waals surface area contributed by atoms with Crippen molar-refractivity contribution in [2.45, 2.75) is 104 Å². The monoisotopic (exact) mass is 725 g/mol. The van der Waals surface area contributed by atoms with Gasteiger partial charge in [0.2, 0.25) is 17.7 Å². The van der Waals surface area contributed by atoms with E-state index in [1.165, 1.54) is 0 Å². The maximum absolute atomic E-state index is 13.0. The molecule has 7 N–H and O–H groups in total. The molecule has 0 heterocycles. The van der Waals surface area contributed by atoms with Crippen molar-refractivity contribution < 1.29 is 52.8 Å². The molecule has 16 heteroatoms. The molecule has 0 radical (unpaired) electrons. The van der Waals surface area contributed by atoms with Crippen molar-refractivity contribution in [2.75, 3.05) is 58.0 Å². The smallest absolute Gasteiger partial charge is 0.407 e. The maximum Gasteiger partial charge on any atom is 0.407 e. The van der Waals surface area contributed by atoms with Crippen LogP contribution in [0.1, 0.15) is 79.2 Å². The first kappa shape index (κ1) is 45.2. The Morgan fingerprint density at radius 2 is 1.49 bits per heavy atom. The second kappa shape index (κ2) is 24.4. The first-order valence-corrected chi connectivity index (χ1v) is 17.2. The molecule has 16 nitrogen and oxygen atoms in total. The maximum atomic E-state index is 13.0. The summed E-state index contributed by atoms with van der Waals surface area (Å²) < 4.78 is 27.4. The molecule has 0 fully saturated rings. The zero-order valence-corrected chi connectivity index (χ0v) is 31.0. The second-order valence-electron chi connectivity index (χ2n) is 13.7. The molecule has 1 aromatic rings. The molecule has 0 saturated carbocycles.